The molecule has 184 valence electrons. The van der Waals surface area contributed by atoms with Gasteiger partial charge in [0.25, 0.3) is 5.91 Å². The Kier molecular flexibility index (Phi) is 7.24. The van der Waals surface area contributed by atoms with E-state index in [1.54, 1.807) is 37.1 Å². The number of anilines is 2. The first-order chi connectivity index (χ1) is 16.9. The highest BCUT2D eigenvalue weighted by molar-refractivity contribution is 6.01. The lowest BCUT2D eigenvalue weighted by Crippen LogP contribution is -2.44. The van der Waals surface area contributed by atoms with Crippen LogP contribution in [0.1, 0.15) is 36.8 Å². The first kappa shape index (κ1) is 24.1. The minimum atomic E-state index is -0.617. The molecule has 1 aliphatic rings. The Hall–Kier alpha value is -4.01. The van der Waals surface area contributed by atoms with Crippen LogP contribution in [0, 0.1) is 13.8 Å². The van der Waals surface area contributed by atoms with Crippen LogP contribution in [0.3, 0.4) is 0 Å². The van der Waals surface area contributed by atoms with Crippen molar-refractivity contribution in [2.24, 2.45) is 0 Å². The highest BCUT2D eigenvalue weighted by atomic mass is 16.5. The number of rotatable bonds is 9. The minimum absolute atomic E-state index is 0.142. The number of aryl methyl sites for hydroxylation is 2. The largest absolute Gasteiger partial charge is 0.497 e. The van der Waals surface area contributed by atoms with Gasteiger partial charge in [-0.1, -0.05) is 5.16 Å². The highest BCUT2D eigenvalue weighted by Crippen LogP contribution is 2.37. The number of methoxy groups -OCH3 is 1. The summed E-state index contributed by atoms with van der Waals surface area (Å²) >= 11 is 0. The van der Waals surface area contributed by atoms with Crippen LogP contribution < -0.4 is 24.4 Å². The van der Waals surface area contributed by atoms with E-state index in [9.17, 15) is 9.59 Å². The summed E-state index contributed by atoms with van der Waals surface area (Å²) in [5.74, 6) is 2.41. The summed E-state index contributed by atoms with van der Waals surface area (Å²) in [6.07, 6.45) is 0.233. The molecule has 0 saturated heterocycles. The third kappa shape index (κ3) is 5.56. The summed E-state index contributed by atoms with van der Waals surface area (Å²) in [5.41, 5.74) is 2.76. The van der Waals surface area contributed by atoms with Crippen LogP contribution in [0.15, 0.2) is 47.0 Å². The van der Waals surface area contributed by atoms with Crippen molar-refractivity contribution in [3.8, 4) is 17.2 Å². The lowest BCUT2D eigenvalue weighted by Gasteiger charge is -2.33. The van der Waals surface area contributed by atoms with Crippen LogP contribution in [0.5, 0.6) is 17.2 Å². The van der Waals surface area contributed by atoms with E-state index in [-0.39, 0.29) is 11.8 Å². The maximum absolute atomic E-state index is 12.9. The molecule has 0 fully saturated rings. The van der Waals surface area contributed by atoms with E-state index >= 15 is 0 Å². The average molecular weight is 480 g/mol. The molecular formula is C26H29N3O6. The van der Waals surface area contributed by atoms with Gasteiger partial charge in [-0.15, -0.1) is 0 Å². The summed E-state index contributed by atoms with van der Waals surface area (Å²) in [6, 6.07) is 12.6. The van der Waals surface area contributed by atoms with Crippen LogP contribution in [0.25, 0.3) is 0 Å². The molecule has 4 rings (SSSR count). The number of hydrogen-bond donors (Lipinski definition) is 1. The third-order valence-electron chi connectivity index (χ3n) is 5.82. The topological polar surface area (TPSA) is 103 Å². The Balaban J connectivity index is 1.38. The maximum Gasteiger partial charge on any atom is 0.268 e. The van der Waals surface area contributed by atoms with Crippen molar-refractivity contribution in [2.75, 3.05) is 23.9 Å². The van der Waals surface area contributed by atoms with Gasteiger partial charge < -0.3 is 29.0 Å². The molecule has 35 heavy (non-hydrogen) atoms. The molecule has 1 aliphatic heterocycles. The first-order valence-electron chi connectivity index (χ1n) is 11.5. The van der Waals surface area contributed by atoms with E-state index in [1.165, 1.54) is 0 Å². The van der Waals surface area contributed by atoms with Crippen molar-refractivity contribution in [3.05, 3.63) is 59.5 Å². The number of aromatic nitrogens is 1. The van der Waals surface area contributed by atoms with Gasteiger partial charge in [0.2, 0.25) is 5.91 Å². The van der Waals surface area contributed by atoms with Crippen LogP contribution >= 0.6 is 0 Å². The lowest BCUT2D eigenvalue weighted by atomic mass is 10.1. The normalized spacial score (nSPS) is 14.8. The van der Waals surface area contributed by atoms with E-state index in [2.05, 4.69) is 10.5 Å². The van der Waals surface area contributed by atoms with E-state index in [1.807, 2.05) is 38.1 Å². The molecule has 0 saturated carbocycles. The molecule has 1 unspecified atom stereocenters. The Morgan fingerprint density at radius 2 is 1.89 bits per heavy atom. The number of carbonyl (C=O) groups excluding carboxylic acids is 2. The van der Waals surface area contributed by atoms with Gasteiger partial charge in [-0.3, -0.25) is 9.59 Å². The molecule has 0 spiro atoms. The molecule has 0 radical (unpaired) electrons. The van der Waals surface area contributed by atoms with Crippen LogP contribution in [0.2, 0.25) is 0 Å². The third-order valence-corrected chi connectivity index (χ3v) is 5.82. The second-order valence-electron chi connectivity index (χ2n) is 8.35. The molecule has 2 heterocycles. The maximum atomic E-state index is 12.9. The molecule has 1 N–H and O–H groups in total. The number of hydrogen-bond acceptors (Lipinski definition) is 7. The molecule has 1 aromatic heterocycles. The zero-order valence-corrected chi connectivity index (χ0v) is 20.3. The fourth-order valence-electron chi connectivity index (χ4n) is 3.85. The van der Waals surface area contributed by atoms with Crippen LogP contribution in [0.4, 0.5) is 11.4 Å². The van der Waals surface area contributed by atoms with Gasteiger partial charge in [0.1, 0.15) is 23.0 Å². The monoisotopic (exact) mass is 479 g/mol. The number of nitrogens with zero attached hydrogens (tertiary/aromatic N) is 2. The fourth-order valence-corrected chi connectivity index (χ4v) is 3.85. The Morgan fingerprint density at radius 1 is 1.14 bits per heavy atom. The summed E-state index contributed by atoms with van der Waals surface area (Å²) < 4.78 is 21.8. The SMILES string of the molecule is COc1ccc(OCCCC(=O)Nc2ccc3c(c2)N(Cc2c(C)noc2C)C(=O)C(C)O3)cc1. The number of ether oxygens (including phenoxy) is 3. The van der Waals surface area contributed by atoms with Crippen molar-refractivity contribution >= 4 is 23.2 Å². The highest BCUT2D eigenvalue weighted by Gasteiger charge is 2.33. The zero-order valence-electron chi connectivity index (χ0n) is 20.3. The molecule has 0 aliphatic carbocycles. The first-order valence-corrected chi connectivity index (χ1v) is 11.5. The molecule has 9 nitrogen and oxygen atoms in total. The predicted molar refractivity (Wildman–Crippen MR) is 130 cm³/mol. The van der Waals surface area contributed by atoms with Gasteiger partial charge in [-0.25, -0.2) is 0 Å². The molecule has 2 amide bonds. The molecular weight excluding hydrogens is 450 g/mol. The van der Waals surface area contributed by atoms with E-state index in [4.69, 9.17) is 18.7 Å². The minimum Gasteiger partial charge on any atom is -0.497 e. The van der Waals surface area contributed by atoms with Crippen molar-refractivity contribution in [1.29, 1.82) is 0 Å². The summed E-state index contributed by atoms with van der Waals surface area (Å²) in [7, 11) is 1.61. The van der Waals surface area contributed by atoms with Crippen molar-refractivity contribution in [2.45, 2.75) is 46.3 Å². The number of carbonyl (C=O) groups is 2. The predicted octanol–water partition coefficient (Wildman–Crippen LogP) is 4.41. The zero-order chi connectivity index (χ0) is 24.9. The molecule has 2 aromatic carbocycles. The lowest BCUT2D eigenvalue weighted by molar-refractivity contribution is -0.125. The molecule has 0 bridgehead atoms. The summed E-state index contributed by atoms with van der Waals surface area (Å²) in [4.78, 5) is 27.1. The van der Waals surface area contributed by atoms with E-state index in [0.29, 0.717) is 48.9 Å². The van der Waals surface area contributed by atoms with E-state index < -0.39 is 6.10 Å². The Morgan fingerprint density at radius 3 is 2.57 bits per heavy atom. The van der Waals surface area contributed by atoms with Crippen LogP contribution in [-0.2, 0) is 16.1 Å². The number of nitrogens with one attached hydrogen (secondary N) is 1. The number of amides is 2. The van der Waals surface area contributed by atoms with Gasteiger partial charge >= 0.3 is 0 Å². The van der Waals surface area contributed by atoms with Gasteiger partial charge in [-0.05, 0) is 69.7 Å². The average Bonchev–Trinajstić information content (AvgIpc) is 3.17. The van der Waals surface area contributed by atoms with Crippen molar-refractivity contribution < 1.29 is 28.3 Å². The molecule has 9 heteroatoms. The van der Waals surface area contributed by atoms with Gasteiger partial charge in [0.15, 0.2) is 6.10 Å². The number of fused-ring (bicyclic) bond motifs is 1. The van der Waals surface area contributed by atoms with E-state index in [0.717, 1.165) is 22.8 Å². The van der Waals surface area contributed by atoms with Gasteiger partial charge in [0, 0.05) is 17.7 Å². The fraction of sp³-hybridized carbons (Fsp3) is 0.346. The van der Waals surface area contributed by atoms with Crippen LogP contribution in [-0.4, -0.2) is 36.8 Å². The van der Waals surface area contributed by atoms with Crippen molar-refractivity contribution in [3.63, 3.8) is 0 Å². The quantitative estimate of drug-likeness (QED) is 0.454. The standard InChI is InChI=1S/C26H29N3O6/c1-16-22(17(2)35-28-16)15-29-23-14-19(7-12-24(23)34-18(3)26(29)31)27-25(30)6-5-13-33-21-10-8-20(32-4)9-11-21/h7-12,14,18H,5-6,13,15H2,1-4H3,(H,27,30). The second kappa shape index (κ2) is 10.5. The van der Waals surface area contributed by atoms with Gasteiger partial charge in [0.05, 0.1) is 31.6 Å². The second-order valence-corrected chi connectivity index (χ2v) is 8.35. The smallest absolute Gasteiger partial charge is 0.268 e. The Bertz CT molecular complexity index is 1180. The van der Waals surface area contributed by atoms with Crippen molar-refractivity contribution in [1.82, 2.24) is 5.16 Å². The summed E-state index contributed by atoms with van der Waals surface area (Å²) in [6.45, 7) is 6.10. The summed E-state index contributed by atoms with van der Waals surface area (Å²) in [5, 5.41) is 6.88. The van der Waals surface area contributed by atoms with Gasteiger partial charge in [-0.2, -0.15) is 0 Å². The Labute approximate surface area is 203 Å². The molecule has 3 aromatic rings. The molecule has 1 atom stereocenters. The number of benzene rings is 2.